The van der Waals surface area contributed by atoms with Crippen LogP contribution in [0.2, 0.25) is 0 Å². The molecule has 0 radical (unpaired) electrons. The van der Waals surface area contributed by atoms with Gasteiger partial charge in [0.1, 0.15) is 6.04 Å². The monoisotopic (exact) mass is 281 g/mol. The lowest BCUT2D eigenvalue weighted by Crippen LogP contribution is -2.49. The van der Waals surface area contributed by atoms with Crippen molar-refractivity contribution in [3.8, 4) is 0 Å². The lowest BCUT2D eigenvalue weighted by Gasteiger charge is -2.20. The minimum absolute atomic E-state index is 0.169. The molecule has 0 saturated carbocycles. The van der Waals surface area contributed by atoms with Crippen LogP contribution < -0.4 is 15.8 Å². The van der Waals surface area contributed by atoms with Crippen LogP contribution in [0.25, 0.3) is 0 Å². The Kier molecular flexibility index (Phi) is 6.63. The maximum Gasteiger partial charge on any atom is 0.326 e. The van der Waals surface area contributed by atoms with Crippen LogP contribution >= 0.6 is 0 Å². The van der Waals surface area contributed by atoms with E-state index in [4.69, 9.17) is 10.2 Å². The van der Waals surface area contributed by atoms with Gasteiger partial charge in [-0.05, 0) is 5.92 Å². The Bertz CT molecular complexity index is 395. The molecule has 8 nitrogen and oxygen atoms in total. The van der Waals surface area contributed by atoms with Gasteiger partial charge < -0.3 is 15.7 Å². The van der Waals surface area contributed by atoms with Gasteiger partial charge >= 0.3 is 12.0 Å². The highest BCUT2D eigenvalue weighted by molar-refractivity contribution is 7.89. The fourth-order valence-corrected chi connectivity index (χ4v) is 1.57. The lowest BCUT2D eigenvalue weighted by atomic mass is 9.99. The van der Waals surface area contributed by atoms with Crippen LogP contribution in [-0.2, 0) is 14.8 Å². The zero-order valence-electron chi connectivity index (χ0n) is 10.3. The third-order valence-corrected chi connectivity index (χ3v) is 3.21. The number of aliphatic carboxylic acids is 1. The quantitative estimate of drug-likeness (QED) is 0.477. The van der Waals surface area contributed by atoms with E-state index >= 15 is 0 Å². The highest BCUT2D eigenvalue weighted by Gasteiger charge is 2.25. The van der Waals surface area contributed by atoms with Gasteiger partial charge in [-0.15, -0.1) is 0 Å². The van der Waals surface area contributed by atoms with Crippen LogP contribution in [0, 0.1) is 5.92 Å². The van der Waals surface area contributed by atoms with E-state index in [1.165, 1.54) is 0 Å². The SMILES string of the molecule is CCC(C)C(NC(=O)NCCS(N)(=O)=O)C(=O)O. The number of nitrogens with two attached hydrogens (primary N) is 1. The second-order valence-corrected chi connectivity index (χ2v) is 5.70. The molecular formula is C9H19N3O5S. The first-order valence-corrected chi connectivity index (χ1v) is 7.16. The van der Waals surface area contributed by atoms with Gasteiger partial charge in [-0.3, -0.25) is 0 Å². The van der Waals surface area contributed by atoms with Crippen molar-refractivity contribution in [1.29, 1.82) is 0 Å². The second-order valence-electron chi connectivity index (χ2n) is 3.97. The van der Waals surface area contributed by atoms with Gasteiger partial charge in [0.15, 0.2) is 0 Å². The van der Waals surface area contributed by atoms with Gasteiger partial charge in [0.25, 0.3) is 0 Å². The standard InChI is InChI=1S/C9H19N3O5S/c1-3-6(2)7(8(13)14)12-9(15)11-4-5-18(10,16)17/h6-7H,3-5H2,1-2H3,(H,13,14)(H2,10,16,17)(H2,11,12,15). The van der Waals surface area contributed by atoms with E-state index in [2.05, 4.69) is 10.6 Å². The second kappa shape index (κ2) is 7.17. The molecular weight excluding hydrogens is 262 g/mol. The molecule has 0 spiro atoms. The summed E-state index contributed by atoms with van der Waals surface area (Å²) >= 11 is 0. The average Bonchev–Trinajstić information content (AvgIpc) is 2.22. The number of hydrogen-bond acceptors (Lipinski definition) is 4. The molecule has 0 aromatic heterocycles. The number of carbonyl (C=O) groups excluding carboxylic acids is 1. The fourth-order valence-electron chi connectivity index (χ4n) is 1.18. The number of carboxylic acid groups (broad SMARTS) is 1. The number of carboxylic acids is 1. The van der Waals surface area contributed by atoms with Gasteiger partial charge in [-0.2, -0.15) is 0 Å². The van der Waals surface area contributed by atoms with E-state index in [1.54, 1.807) is 13.8 Å². The van der Waals surface area contributed by atoms with Crippen LogP contribution in [0.3, 0.4) is 0 Å². The highest BCUT2D eigenvalue weighted by atomic mass is 32.2. The van der Waals surface area contributed by atoms with Gasteiger partial charge in [0.2, 0.25) is 10.0 Å². The first-order chi connectivity index (χ1) is 8.17. The largest absolute Gasteiger partial charge is 0.480 e. The zero-order chi connectivity index (χ0) is 14.3. The number of amides is 2. The molecule has 2 atom stereocenters. The summed E-state index contributed by atoms with van der Waals surface area (Å²) in [4.78, 5) is 22.3. The van der Waals surface area contributed by atoms with Crippen LogP contribution in [0.1, 0.15) is 20.3 Å². The van der Waals surface area contributed by atoms with Crippen molar-refractivity contribution < 1.29 is 23.1 Å². The minimum Gasteiger partial charge on any atom is -0.480 e. The van der Waals surface area contributed by atoms with Gasteiger partial charge in [-0.25, -0.2) is 23.1 Å². The van der Waals surface area contributed by atoms with Crippen molar-refractivity contribution >= 4 is 22.0 Å². The summed E-state index contributed by atoms with van der Waals surface area (Å²) in [6, 6.07) is -1.74. The molecule has 0 rings (SSSR count). The summed E-state index contributed by atoms with van der Waals surface area (Å²) in [5.41, 5.74) is 0. The Labute approximate surface area is 106 Å². The highest BCUT2D eigenvalue weighted by Crippen LogP contribution is 2.07. The number of primary sulfonamides is 1. The number of rotatable bonds is 7. The summed E-state index contributed by atoms with van der Waals surface area (Å²) in [6.45, 7) is 3.34. The summed E-state index contributed by atoms with van der Waals surface area (Å²) in [5, 5.41) is 18.2. The molecule has 106 valence electrons. The van der Waals surface area contributed by atoms with Crippen LogP contribution in [-0.4, -0.2) is 43.9 Å². The molecule has 0 aliphatic rings. The molecule has 5 N–H and O–H groups in total. The molecule has 0 saturated heterocycles. The van der Waals surface area contributed by atoms with Crippen LogP contribution in [0.4, 0.5) is 4.79 Å². The van der Waals surface area contributed by atoms with E-state index in [-0.39, 0.29) is 12.5 Å². The normalized spacial score (nSPS) is 14.6. The van der Waals surface area contributed by atoms with Crippen molar-refractivity contribution in [2.24, 2.45) is 11.1 Å². The number of nitrogens with one attached hydrogen (secondary N) is 2. The predicted octanol–water partition coefficient (Wildman–Crippen LogP) is -0.927. The van der Waals surface area contributed by atoms with E-state index in [0.29, 0.717) is 6.42 Å². The molecule has 9 heteroatoms. The summed E-state index contributed by atoms with van der Waals surface area (Å²) in [6.07, 6.45) is 0.592. The Balaban J connectivity index is 4.23. The van der Waals surface area contributed by atoms with Crippen molar-refractivity contribution in [3.63, 3.8) is 0 Å². The maximum absolute atomic E-state index is 11.3. The predicted molar refractivity (Wildman–Crippen MR) is 65.4 cm³/mol. The molecule has 0 aromatic carbocycles. The molecule has 0 fully saturated rings. The summed E-state index contributed by atoms with van der Waals surface area (Å²) in [7, 11) is -3.64. The van der Waals surface area contributed by atoms with Crippen molar-refractivity contribution in [1.82, 2.24) is 10.6 Å². The number of hydrogen-bond donors (Lipinski definition) is 4. The van der Waals surface area contributed by atoms with Gasteiger partial charge in [0.05, 0.1) is 5.75 Å². The first kappa shape index (κ1) is 16.6. The van der Waals surface area contributed by atoms with Gasteiger partial charge in [0, 0.05) is 6.54 Å². The third kappa shape index (κ3) is 7.07. The summed E-state index contributed by atoms with van der Waals surface area (Å²) in [5.74, 6) is -1.76. The number of sulfonamides is 1. The van der Waals surface area contributed by atoms with E-state index < -0.39 is 33.8 Å². The number of urea groups is 1. The molecule has 0 aliphatic carbocycles. The van der Waals surface area contributed by atoms with Crippen molar-refractivity contribution in [2.45, 2.75) is 26.3 Å². The van der Waals surface area contributed by atoms with Crippen LogP contribution in [0.5, 0.6) is 0 Å². The number of carbonyl (C=O) groups is 2. The van der Waals surface area contributed by atoms with E-state index in [1.807, 2.05) is 0 Å². The summed E-state index contributed by atoms with van der Waals surface area (Å²) < 4.78 is 21.2. The fraction of sp³-hybridized carbons (Fsp3) is 0.778. The smallest absolute Gasteiger partial charge is 0.326 e. The molecule has 2 amide bonds. The average molecular weight is 281 g/mol. The van der Waals surface area contributed by atoms with Crippen molar-refractivity contribution in [2.75, 3.05) is 12.3 Å². The first-order valence-electron chi connectivity index (χ1n) is 5.45. The third-order valence-electron chi connectivity index (χ3n) is 2.44. The topological polar surface area (TPSA) is 139 Å². The van der Waals surface area contributed by atoms with Crippen molar-refractivity contribution in [3.05, 3.63) is 0 Å². The lowest BCUT2D eigenvalue weighted by molar-refractivity contribution is -0.140. The van der Waals surface area contributed by atoms with E-state index in [0.717, 1.165) is 0 Å². The Morgan fingerprint density at radius 1 is 1.39 bits per heavy atom. The zero-order valence-corrected chi connectivity index (χ0v) is 11.2. The molecule has 0 bridgehead atoms. The minimum atomic E-state index is -3.64. The Morgan fingerprint density at radius 3 is 2.33 bits per heavy atom. The Hall–Kier alpha value is -1.35. The molecule has 0 aliphatic heterocycles. The van der Waals surface area contributed by atoms with Crippen LogP contribution in [0.15, 0.2) is 0 Å². The molecule has 2 unspecified atom stereocenters. The van der Waals surface area contributed by atoms with E-state index in [9.17, 15) is 18.0 Å². The maximum atomic E-state index is 11.3. The molecule has 0 aromatic rings. The molecule has 18 heavy (non-hydrogen) atoms. The van der Waals surface area contributed by atoms with Gasteiger partial charge in [-0.1, -0.05) is 20.3 Å². The molecule has 0 heterocycles. The Morgan fingerprint density at radius 2 is 1.94 bits per heavy atom.